The number of nitrogens with one attached hydrogen (secondary N) is 1. The standard InChI is InChI=1S/C16H25N3S/c1-6-7-17-15(16-8-11(2)13(4)20-16)10-14-9-12(3)18-19(14)5/h8-9,15,17H,6-7,10H2,1-5H3. The van der Waals surface area contributed by atoms with E-state index < -0.39 is 0 Å². The highest BCUT2D eigenvalue weighted by Gasteiger charge is 2.17. The average Bonchev–Trinajstić information content (AvgIpc) is 2.88. The van der Waals surface area contributed by atoms with Gasteiger partial charge in [0.1, 0.15) is 0 Å². The third kappa shape index (κ3) is 3.49. The molecule has 4 heteroatoms. The lowest BCUT2D eigenvalue weighted by molar-refractivity contribution is 0.518. The molecule has 2 aromatic rings. The van der Waals surface area contributed by atoms with Crippen molar-refractivity contribution in [2.45, 2.75) is 46.6 Å². The van der Waals surface area contributed by atoms with E-state index >= 15 is 0 Å². The molecule has 0 aliphatic carbocycles. The van der Waals surface area contributed by atoms with Crippen LogP contribution in [-0.4, -0.2) is 16.3 Å². The molecule has 2 heterocycles. The Labute approximate surface area is 126 Å². The smallest absolute Gasteiger partial charge is 0.0596 e. The maximum absolute atomic E-state index is 4.45. The quantitative estimate of drug-likeness (QED) is 0.879. The van der Waals surface area contributed by atoms with Crippen LogP contribution in [0.5, 0.6) is 0 Å². The summed E-state index contributed by atoms with van der Waals surface area (Å²) in [4.78, 5) is 2.86. The molecule has 0 fully saturated rings. The van der Waals surface area contributed by atoms with Crippen molar-refractivity contribution in [1.82, 2.24) is 15.1 Å². The Balaban J connectivity index is 2.21. The van der Waals surface area contributed by atoms with Crippen LogP contribution in [-0.2, 0) is 13.5 Å². The van der Waals surface area contributed by atoms with Crippen molar-refractivity contribution in [2.24, 2.45) is 7.05 Å². The molecule has 0 aliphatic heterocycles. The van der Waals surface area contributed by atoms with E-state index in [2.05, 4.69) is 50.2 Å². The second-order valence-corrected chi connectivity index (χ2v) is 6.79. The summed E-state index contributed by atoms with van der Waals surface area (Å²) in [5, 5.41) is 8.13. The van der Waals surface area contributed by atoms with Crippen molar-refractivity contribution < 1.29 is 0 Å². The van der Waals surface area contributed by atoms with Gasteiger partial charge < -0.3 is 5.32 Å². The first-order valence-corrected chi connectivity index (χ1v) is 8.12. The van der Waals surface area contributed by atoms with Gasteiger partial charge in [0.15, 0.2) is 0 Å². The summed E-state index contributed by atoms with van der Waals surface area (Å²) < 4.78 is 2.00. The van der Waals surface area contributed by atoms with E-state index in [4.69, 9.17) is 0 Å². The molecule has 110 valence electrons. The average molecular weight is 291 g/mol. The summed E-state index contributed by atoms with van der Waals surface area (Å²) in [6.07, 6.45) is 2.15. The zero-order valence-electron chi connectivity index (χ0n) is 13.2. The van der Waals surface area contributed by atoms with Gasteiger partial charge in [-0.25, -0.2) is 0 Å². The summed E-state index contributed by atoms with van der Waals surface area (Å²) in [6, 6.07) is 4.91. The van der Waals surface area contributed by atoms with Crippen LogP contribution in [0.15, 0.2) is 12.1 Å². The van der Waals surface area contributed by atoms with E-state index in [1.54, 1.807) is 0 Å². The zero-order chi connectivity index (χ0) is 14.7. The second-order valence-electron chi connectivity index (χ2n) is 5.50. The fourth-order valence-electron chi connectivity index (χ4n) is 2.43. The van der Waals surface area contributed by atoms with Crippen molar-refractivity contribution in [3.8, 4) is 0 Å². The molecule has 0 saturated heterocycles. The maximum Gasteiger partial charge on any atom is 0.0596 e. The van der Waals surface area contributed by atoms with Gasteiger partial charge >= 0.3 is 0 Å². The third-order valence-electron chi connectivity index (χ3n) is 3.68. The van der Waals surface area contributed by atoms with Crippen molar-refractivity contribution in [1.29, 1.82) is 0 Å². The fourth-order valence-corrected chi connectivity index (χ4v) is 3.55. The molecule has 2 aromatic heterocycles. The number of nitrogens with zero attached hydrogens (tertiary/aromatic N) is 2. The Morgan fingerprint density at radius 3 is 2.55 bits per heavy atom. The Morgan fingerprint density at radius 2 is 2.05 bits per heavy atom. The minimum Gasteiger partial charge on any atom is -0.309 e. The highest BCUT2D eigenvalue weighted by molar-refractivity contribution is 7.12. The summed E-state index contributed by atoms with van der Waals surface area (Å²) in [6.45, 7) is 9.72. The lowest BCUT2D eigenvalue weighted by Gasteiger charge is -2.17. The van der Waals surface area contributed by atoms with E-state index in [1.165, 1.54) is 21.0 Å². The van der Waals surface area contributed by atoms with E-state index in [9.17, 15) is 0 Å². The Bertz CT molecular complexity index is 549. The molecule has 1 unspecified atom stereocenters. The number of hydrogen-bond donors (Lipinski definition) is 1. The lowest BCUT2D eigenvalue weighted by atomic mass is 10.1. The van der Waals surface area contributed by atoms with Gasteiger partial charge in [-0.2, -0.15) is 5.10 Å². The molecular weight excluding hydrogens is 266 g/mol. The second kappa shape index (κ2) is 6.55. The molecule has 1 N–H and O–H groups in total. The van der Waals surface area contributed by atoms with Crippen molar-refractivity contribution in [3.63, 3.8) is 0 Å². The molecule has 20 heavy (non-hydrogen) atoms. The molecule has 1 atom stereocenters. The number of aryl methyl sites for hydroxylation is 4. The van der Waals surface area contributed by atoms with E-state index in [0.717, 1.165) is 25.1 Å². The molecule has 0 aliphatic rings. The first kappa shape index (κ1) is 15.3. The van der Waals surface area contributed by atoms with Crippen LogP contribution >= 0.6 is 11.3 Å². The molecule has 0 radical (unpaired) electrons. The minimum absolute atomic E-state index is 0.391. The highest BCUT2D eigenvalue weighted by Crippen LogP contribution is 2.28. The van der Waals surface area contributed by atoms with Gasteiger partial charge in [0.25, 0.3) is 0 Å². The molecule has 0 bridgehead atoms. The number of thiophene rings is 1. The molecular formula is C16H25N3S. The highest BCUT2D eigenvalue weighted by atomic mass is 32.1. The van der Waals surface area contributed by atoms with E-state index in [0.29, 0.717) is 6.04 Å². The summed E-state index contributed by atoms with van der Waals surface area (Å²) in [5.74, 6) is 0. The minimum atomic E-state index is 0.391. The largest absolute Gasteiger partial charge is 0.309 e. The van der Waals surface area contributed by atoms with Crippen molar-refractivity contribution >= 4 is 11.3 Å². The van der Waals surface area contributed by atoms with Crippen molar-refractivity contribution in [3.05, 3.63) is 38.8 Å². The maximum atomic E-state index is 4.45. The number of hydrogen-bond acceptors (Lipinski definition) is 3. The van der Waals surface area contributed by atoms with Gasteiger partial charge in [-0.05, 0) is 51.4 Å². The van der Waals surface area contributed by atoms with Crippen LogP contribution in [0.2, 0.25) is 0 Å². The van der Waals surface area contributed by atoms with Gasteiger partial charge in [-0.3, -0.25) is 4.68 Å². The zero-order valence-corrected chi connectivity index (χ0v) is 14.0. The lowest BCUT2D eigenvalue weighted by Crippen LogP contribution is -2.24. The molecule has 0 saturated carbocycles. The third-order valence-corrected chi connectivity index (χ3v) is 4.95. The Kier molecular flexibility index (Phi) is 5.00. The number of rotatable bonds is 6. The molecule has 0 spiro atoms. The van der Waals surface area contributed by atoms with Gasteiger partial charge in [0.05, 0.1) is 5.69 Å². The molecule has 3 nitrogen and oxygen atoms in total. The van der Waals surface area contributed by atoms with Gasteiger partial charge in [-0.15, -0.1) is 11.3 Å². The van der Waals surface area contributed by atoms with Crippen LogP contribution in [0.3, 0.4) is 0 Å². The van der Waals surface area contributed by atoms with E-state index in [-0.39, 0.29) is 0 Å². The first-order chi connectivity index (χ1) is 9.51. The first-order valence-electron chi connectivity index (χ1n) is 7.31. The number of aromatic nitrogens is 2. The van der Waals surface area contributed by atoms with Gasteiger partial charge in [-0.1, -0.05) is 6.92 Å². The summed E-state index contributed by atoms with van der Waals surface area (Å²) >= 11 is 1.91. The predicted molar refractivity (Wildman–Crippen MR) is 86.5 cm³/mol. The van der Waals surface area contributed by atoms with Crippen LogP contribution in [0.4, 0.5) is 0 Å². The van der Waals surface area contributed by atoms with Gasteiger partial charge in [0.2, 0.25) is 0 Å². The normalized spacial score (nSPS) is 12.8. The monoisotopic (exact) mass is 291 g/mol. The van der Waals surface area contributed by atoms with Crippen LogP contribution in [0.25, 0.3) is 0 Å². The summed E-state index contributed by atoms with van der Waals surface area (Å²) in [7, 11) is 2.03. The van der Waals surface area contributed by atoms with E-state index in [1.807, 2.05) is 23.1 Å². The molecule has 0 aromatic carbocycles. The predicted octanol–water partition coefficient (Wildman–Crippen LogP) is 3.69. The van der Waals surface area contributed by atoms with Gasteiger partial charge in [0, 0.05) is 35.0 Å². The van der Waals surface area contributed by atoms with Crippen LogP contribution in [0, 0.1) is 20.8 Å². The molecule has 2 rings (SSSR count). The SMILES string of the molecule is CCCNC(Cc1cc(C)nn1C)c1cc(C)c(C)s1. The van der Waals surface area contributed by atoms with Crippen LogP contribution in [0.1, 0.15) is 46.1 Å². The topological polar surface area (TPSA) is 29.9 Å². The summed E-state index contributed by atoms with van der Waals surface area (Å²) in [5.41, 5.74) is 3.78. The molecule has 0 amide bonds. The van der Waals surface area contributed by atoms with Crippen molar-refractivity contribution in [2.75, 3.05) is 6.54 Å². The van der Waals surface area contributed by atoms with Crippen LogP contribution < -0.4 is 5.32 Å². The Morgan fingerprint density at radius 1 is 1.30 bits per heavy atom. The Hall–Kier alpha value is -1.13. The fraction of sp³-hybridized carbons (Fsp3) is 0.562.